The summed E-state index contributed by atoms with van der Waals surface area (Å²) < 4.78 is 11.2. The number of hydrogen-bond donors (Lipinski definition) is 0. The van der Waals surface area contributed by atoms with Crippen molar-refractivity contribution in [1.29, 1.82) is 5.26 Å². The van der Waals surface area contributed by atoms with Gasteiger partial charge in [-0.15, -0.1) is 0 Å². The molecule has 0 aliphatic carbocycles. The van der Waals surface area contributed by atoms with Gasteiger partial charge in [0, 0.05) is 12.0 Å². The van der Waals surface area contributed by atoms with Crippen LogP contribution in [-0.2, 0) is 0 Å². The van der Waals surface area contributed by atoms with E-state index >= 15 is 0 Å². The number of halogens is 1. The van der Waals surface area contributed by atoms with E-state index in [9.17, 15) is 4.39 Å². The van der Waals surface area contributed by atoms with Crippen molar-refractivity contribution in [3.63, 3.8) is 0 Å². The van der Waals surface area contributed by atoms with Crippen LogP contribution in [0, 0.1) is 11.3 Å². The lowest BCUT2D eigenvalue weighted by Gasteiger charge is -1.81. The highest BCUT2D eigenvalue weighted by Gasteiger charge is 1.85. The molecule has 0 atom stereocenters. The predicted molar refractivity (Wildman–Crippen MR) is 25.3 cm³/mol. The van der Waals surface area contributed by atoms with Crippen LogP contribution in [0.25, 0.3) is 0 Å². The fraction of sp³-hybridized carbons (Fsp3) is 0.400. The standard InChI is InChI=1S/C5H6FN/c1-5(4-7)2-3-6/h1-3H2. The Kier molecular flexibility index (Phi) is 2.95. The van der Waals surface area contributed by atoms with Crippen LogP contribution in [0.1, 0.15) is 6.42 Å². The summed E-state index contributed by atoms with van der Waals surface area (Å²) in [7, 11) is 0. The molecule has 0 unspecified atom stereocenters. The SMILES string of the molecule is C=C(C#N)CCF. The molecular weight excluding hydrogens is 93.1 g/mol. The largest absolute Gasteiger partial charge is 0.251 e. The highest BCUT2D eigenvalue weighted by molar-refractivity contribution is 5.15. The minimum atomic E-state index is -0.480. The van der Waals surface area contributed by atoms with Gasteiger partial charge >= 0.3 is 0 Å². The summed E-state index contributed by atoms with van der Waals surface area (Å²) >= 11 is 0. The predicted octanol–water partition coefficient (Wildman–Crippen LogP) is 1.43. The van der Waals surface area contributed by atoms with Crippen molar-refractivity contribution in [2.75, 3.05) is 6.67 Å². The first-order valence-corrected chi connectivity index (χ1v) is 1.95. The van der Waals surface area contributed by atoms with E-state index in [0.717, 1.165) is 0 Å². The molecule has 0 bridgehead atoms. The summed E-state index contributed by atoms with van der Waals surface area (Å²) in [5.74, 6) is 0. The molecule has 0 heterocycles. The maximum Gasteiger partial charge on any atom is 0.0941 e. The Morgan fingerprint density at radius 3 is 2.57 bits per heavy atom. The van der Waals surface area contributed by atoms with E-state index in [1.54, 1.807) is 6.07 Å². The molecule has 0 spiro atoms. The number of nitrogens with zero attached hydrogens (tertiary/aromatic N) is 1. The monoisotopic (exact) mass is 99.0 g/mol. The maximum atomic E-state index is 11.2. The average Bonchev–Trinajstić information content (AvgIpc) is 1.68. The first-order valence-electron chi connectivity index (χ1n) is 1.95. The van der Waals surface area contributed by atoms with Gasteiger partial charge in [0.1, 0.15) is 0 Å². The zero-order valence-electron chi connectivity index (χ0n) is 3.95. The molecule has 0 N–H and O–H groups in total. The van der Waals surface area contributed by atoms with Gasteiger partial charge in [-0.1, -0.05) is 6.58 Å². The molecule has 7 heavy (non-hydrogen) atoms. The molecule has 0 aromatic carbocycles. The van der Waals surface area contributed by atoms with Crippen LogP contribution in [-0.4, -0.2) is 6.67 Å². The molecule has 1 nitrogen and oxygen atoms in total. The lowest BCUT2D eigenvalue weighted by molar-refractivity contribution is 0.497. The molecule has 0 aliphatic heterocycles. The Hall–Kier alpha value is -0.840. The Bertz CT molecular complexity index is 101. The molecule has 38 valence electrons. The van der Waals surface area contributed by atoms with Gasteiger partial charge in [0.2, 0.25) is 0 Å². The molecule has 0 saturated carbocycles. The molecule has 0 radical (unpaired) electrons. The second-order valence-corrected chi connectivity index (χ2v) is 1.15. The molecule has 2 heteroatoms. The van der Waals surface area contributed by atoms with Crippen molar-refractivity contribution >= 4 is 0 Å². The lowest BCUT2D eigenvalue weighted by Crippen LogP contribution is -1.76. The van der Waals surface area contributed by atoms with Gasteiger partial charge in [0.05, 0.1) is 12.7 Å². The quantitative estimate of drug-likeness (QED) is 0.480. The van der Waals surface area contributed by atoms with E-state index in [1.165, 1.54) is 0 Å². The molecule has 0 aliphatic rings. The fourth-order valence-corrected chi connectivity index (χ4v) is 0.170. The summed E-state index contributed by atoms with van der Waals surface area (Å²) in [6.45, 7) is 2.78. The van der Waals surface area contributed by atoms with Crippen LogP contribution in [0.2, 0.25) is 0 Å². The summed E-state index contributed by atoms with van der Waals surface area (Å²) in [6, 6.07) is 1.73. The Morgan fingerprint density at radius 1 is 1.86 bits per heavy atom. The van der Waals surface area contributed by atoms with E-state index in [1.807, 2.05) is 0 Å². The third-order valence-electron chi connectivity index (χ3n) is 0.554. The minimum absolute atomic E-state index is 0.177. The Morgan fingerprint density at radius 2 is 2.43 bits per heavy atom. The molecule has 0 amide bonds. The highest BCUT2D eigenvalue weighted by Crippen LogP contribution is 1.93. The molecule has 0 aromatic rings. The van der Waals surface area contributed by atoms with Crippen LogP contribution in [0.15, 0.2) is 12.2 Å². The van der Waals surface area contributed by atoms with E-state index in [4.69, 9.17) is 5.26 Å². The van der Waals surface area contributed by atoms with Gasteiger partial charge in [-0.3, -0.25) is 4.39 Å². The van der Waals surface area contributed by atoms with Gasteiger partial charge in [0.25, 0.3) is 0 Å². The second-order valence-electron chi connectivity index (χ2n) is 1.15. The van der Waals surface area contributed by atoms with Gasteiger partial charge in [-0.2, -0.15) is 5.26 Å². The Balaban J connectivity index is 3.24. The number of nitriles is 1. The van der Waals surface area contributed by atoms with Crippen molar-refractivity contribution < 1.29 is 4.39 Å². The van der Waals surface area contributed by atoms with Gasteiger partial charge in [-0.25, -0.2) is 0 Å². The molecule has 0 rings (SSSR count). The summed E-state index contributed by atoms with van der Waals surface area (Å²) in [5.41, 5.74) is 0.308. The third-order valence-corrected chi connectivity index (χ3v) is 0.554. The number of alkyl halides is 1. The number of allylic oxidation sites excluding steroid dienone is 1. The Labute approximate surface area is 42.1 Å². The molecule has 0 fully saturated rings. The van der Waals surface area contributed by atoms with E-state index in [-0.39, 0.29) is 6.42 Å². The van der Waals surface area contributed by atoms with Crippen molar-refractivity contribution in [2.45, 2.75) is 6.42 Å². The van der Waals surface area contributed by atoms with Crippen molar-refractivity contribution in [1.82, 2.24) is 0 Å². The second kappa shape index (κ2) is 3.35. The number of rotatable bonds is 2. The van der Waals surface area contributed by atoms with E-state index in [2.05, 4.69) is 6.58 Å². The highest BCUT2D eigenvalue weighted by atomic mass is 19.1. The van der Waals surface area contributed by atoms with Crippen LogP contribution >= 0.6 is 0 Å². The normalized spacial score (nSPS) is 7.43. The summed E-state index contributed by atoms with van der Waals surface area (Å²) in [4.78, 5) is 0. The molecular formula is C5H6FN. The first kappa shape index (κ1) is 6.16. The lowest BCUT2D eigenvalue weighted by atomic mass is 10.3. The van der Waals surface area contributed by atoms with Crippen LogP contribution < -0.4 is 0 Å². The molecule has 0 aromatic heterocycles. The summed E-state index contributed by atoms with van der Waals surface area (Å²) in [6.07, 6.45) is 0.177. The average molecular weight is 99.1 g/mol. The number of hydrogen-bond acceptors (Lipinski definition) is 1. The third kappa shape index (κ3) is 2.98. The van der Waals surface area contributed by atoms with Crippen molar-refractivity contribution in [3.05, 3.63) is 12.2 Å². The van der Waals surface area contributed by atoms with Gasteiger partial charge in [-0.05, 0) is 0 Å². The fourth-order valence-electron chi connectivity index (χ4n) is 0.170. The van der Waals surface area contributed by atoms with Crippen LogP contribution in [0.5, 0.6) is 0 Å². The zero-order chi connectivity index (χ0) is 5.70. The minimum Gasteiger partial charge on any atom is -0.251 e. The van der Waals surface area contributed by atoms with E-state index < -0.39 is 6.67 Å². The topological polar surface area (TPSA) is 23.8 Å². The van der Waals surface area contributed by atoms with Crippen LogP contribution in [0.3, 0.4) is 0 Å². The van der Waals surface area contributed by atoms with Crippen molar-refractivity contribution in [3.8, 4) is 6.07 Å². The zero-order valence-corrected chi connectivity index (χ0v) is 3.95. The summed E-state index contributed by atoms with van der Waals surface area (Å²) in [5, 5.41) is 7.95. The van der Waals surface area contributed by atoms with Gasteiger partial charge < -0.3 is 0 Å². The van der Waals surface area contributed by atoms with Crippen molar-refractivity contribution in [2.24, 2.45) is 0 Å². The first-order chi connectivity index (χ1) is 3.31. The van der Waals surface area contributed by atoms with Crippen LogP contribution in [0.4, 0.5) is 4.39 Å². The van der Waals surface area contributed by atoms with Gasteiger partial charge in [0.15, 0.2) is 0 Å². The van der Waals surface area contributed by atoms with E-state index in [0.29, 0.717) is 5.57 Å². The smallest absolute Gasteiger partial charge is 0.0941 e. The molecule has 0 saturated heterocycles. The maximum absolute atomic E-state index is 11.2.